The lowest BCUT2D eigenvalue weighted by atomic mass is 9.79. The predicted octanol–water partition coefficient (Wildman–Crippen LogP) is 4.31. The highest BCUT2D eigenvalue weighted by atomic mass is 32.2. The standard InChI is InChI=1S/C18H17NOS/c19-13-18(10-11-21-16-7-2-1-3-8-16)12-15-6-4-5-9-17(15)20-14-18/h1-9H,10-12,14H2. The molecular formula is C18H17NOS. The minimum absolute atomic E-state index is 0.393. The third-order valence-electron chi connectivity index (χ3n) is 3.84. The number of ether oxygens (including phenoxy) is 1. The first-order valence-electron chi connectivity index (χ1n) is 7.11. The Morgan fingerprint density at radius 3 is 2.67 bits per heavy atom. The van der Waals surface area contributed by atoms with Gasteiger partial charge in [0.2, 0.25) is 0 Å². The first-order chi connectivity index (χ1) is 10.3. The third kappa shape index (κ3) is 3.22. The maximum absolute atomic E-state index is 9.63. The van der Waals surface area contributed by atoms with Gasteiger partial charge in [0, 0.05) is 4.90 Å². The smallest absolute Gasteiger partial charge is 0.122 e. The van der Waals surface area contributed by atoms with Crippen LogP contribution in [-0.4, -0.2) is 12.4 Å². The van der Waals surface area contributed by atoms with Gasteiger partial charge in [-0.2, -0.15) is 5.26 Å². The molecule has 1 heterocycles. The zero-order chi connectivity index (χ0) is 14.5. The number of nitrogens with zero attached hydrogens (tertiary/aromatic N) is 1. The van der Waals surface area contributed by atoms with E-state index in [9.17, 15) is 5.26 Å². The van der Waals surface area contributed by atoms with E-state index < -0.39 is 5.41 Å². The fourth-order valence-electron chi connectivity index (χ4n) is 2.59. The first-order valence-corrected chi connectivity index (χ1v) is 8.10. The summed E-state index contributed by atoms with van der Waals surface area (Å²) in [4.78, 5) is 1.25. The van der Waals surface area contributed by atoms with Gasteiger partial charge in [0.15, 0.2) is 0 Å². The number of hydrogen-bond acceptors (Lipinski definition) is 3. The molecule has 0 fully saturated rings. The lowest BCUT2D eigenvalue weighted by molar-refractivity contribution is 0.166. The molecule has 0 saturated heterocycles. The van der Waals surface area contributed by atoms with Gasteiger partial charge in [0.1, 0.15) is 12.4 Å². The molecule has 2 nitrogen and oxygen atoms in total. The van der Waals surface area contributed by atoms with Crippen LogP contribution in [0.2, 0.25) is 0 Å². The molecule has 3 rings (SSSR count). The van der Waals surface area contributed by atoms with Crippen LogP contribution >= 0.6 is 11.8 Å². The molecule has 3 heteroatoms. The molecule has 0 spiro atoms. The van der Waals surface area contributed by atoms with Crippen molar-refractivity contribution in [1.82, 2.24) is 0 Å². The van der Waals surface area contributed by atoms with Gasteiger partial charge in [0.25, 0.3) is 0 Å². The van der Waals surface area contributed by atoms with E-state index in [-0.39, 0.29) is 0 Å². The van der Waals surface area contributed by atoms with Gasteiger partial charge in [-0.25, -0.2) is 0 Å². The lowest BCUT2D eigenvalue weighted by Gasteiger charge is -2.32. The average molecular weight is 295 g/mol. The molecule has 0 amide bonds. The molecule has 106 valence electrons. The Hall–Kier alpha value is -1.92. The van der Waals surface area contributed by atoms with E-state index in [0.717, 1.165) is 29.9 Å². The molecule has 0 N–H and O–H groups in total. The van der Waals surface area contributed by atoms with Gasteiger partial charge in [-0.1, -0.05) is 36.4 Å². The number of para-hydroxylation sites is 1. The molecule has 0 bridgehead atoms. The minimum atomic E-state index is -0.393. The van der Waals surface area contributed by atoms with Gasteiger partial charge >= 0.3 is 0 Å². The molecule has 1 aliphatic rings. The van der Waals surface area contributed by atoms with Crippen molar-refractivity contribution in [1.29, 1.82) is 5.26 Å². The molecule has 2 aromatic rings. The highest BCUT2D eigenvalue weighted by Crippen LogP contribution is 2.37. The van der Waals surface area contributed by atoms with Crippen LogP contribution in [0, 0.1) is 16.7 Å². The predicted molar refractivity (Wildman–Crippen MR) is 85.5 cm³/mol. The normalized spacial score (nSPS) is 20.1. The fraction of sp³-hybridized carbons (Fsp3) is 0.278. The number of benzene rings is 2. The summed E-state index contributed by atoms with van der Waals surface area (Å²) in [5, 5.41) is 9.63. The summed E-state index contributed by atoms with van der Waals surface area (Å²) in [5.41, 5.74) is 0.755. The summed E-state index contributed by atoms with van der Waals surface area (Å²) in [5.74, 6) is 1.86. The van der Waals surface area contributed by atoms with E-state index in [0.29, 0.717) is 6.61 Å². The van der Waals surface area contributed by atoms with Crippen molar-refractivity contribution >= 4 is 11.8 Å². The topological polar surface area (TPSA) is 33.0 Å². The number of thioether (sulfide) groups is 1. The van der Waals surface area contributed by atoms with Crippen LogP contribution in [0.4, 0.5) is 0 Å². The molecule has 0 aliphatic carbocycles. The van der Waals surface area contributed by atoms with Crippen LogP contribution in [0.1, 0.15) is 12.0 Å². The second kappa shape index (κ2) is 6.24. The Kier molecular flexibility index (Phi) is 4.17. The molecule has 1 unspecified atom stereocenters. The highest BCUT2D eigenvalue weighted by Gasteiger charge is 2.35. The van der Waals surface area contributed by atoms with Crippen LogP contribution in [0.25, 0.3) is 0 Å². The quantitative estimate of drug-likeness (QED) is 0.788. The summed E-state index contributed by atoms with van der Waals surface area (Å²) in [7, 11) is 0. The van der Waals surface area contributed by atoms with Crippen molar-refractivity contribution in [3.63, 3.8) is 0 Å². The summed E-state index contributed by atoms with van der Waals surface area (Å²) >= 11 is 1.80. The summed E-state index contributed by atoms with van der Waals surface area (Å²) in [6.07, 6.45) is 1.63. The van der Waals surface area contributed by atoms with Crippen LogP contribution in [0.3, 0.4) is 0 Å². The highest BCUT2D eigenvalue weighted by molar-refractivity contribution is 7.99. The molecular weight excluding hydrogens is 278 g/mol. The second-order valence-corrected chi connectivity index (χ2v) is 6.55. The van der Waals surface area contributed by atoms with Gasteiger partial charge in [-0.15, -0.1) is 11.8 Å². The van der Waals surface area contributed by atoms with Crippen molar-refractivity contribution in [2.24, 2.45) is 5.41 Å². The minimum Gasteiger partial charge on any atom is -0.492 e. The van der Waals surface area contributed by atoms with Crippen LogP contribution < -0.4 is 4.74 Å². The molecule has 21 heavy (non-hydrogen) atoms. The number of rotatable bonds is 4. The third-order valence-corrected chi connectivity index (χ3v) is 4.85. The van der Waals surface area contributed by atoms with Crippen LogP contribution in [0.15, 0.2) is 59.5 Å². The maximum atomic E-state index is 9.63. The number of fused-ring (bicyclic) bond motifs is 1. The van der Waals surface area contributed by atoms with Crippen molar-refractivity contribution in [3.05, 3.63) is 60.2 Å². The van der Waals surface area contributed by atoms with Crippen molar-refractivity contribution in [2.75, 3.05) is 12.4 Å². The summed E-state index contributed by atoms with van der Waals surface area (Å²) < 4.78 is 5.80. The summed E-state index contributed by atoms with van der Waals surface area (Å²) in [6, 6.07) is 20.9. The first kappa shape index (κ1) is 14.0. The number of hydrogen-bond donors (Lipinski definition) is 0. The van der Waals surface area contributed by atoms with Crippen LogP contribution in [0.5, 0.6) is 5.75 Å². The molecule has 1 atom stereocenters. The Bertz CT molecular complexity index is 650. The van der Waals surface area contributed by atoms with E-state index in [4.69, 9.17) is 4.74 Å². The second-order valence-electron chi connectivity index (χ2n) is 5.38. The maximum Gasteiger partial charge on any atom is 0.122 e. The van der Waals surface area contributed by atoms with Gasteiger partial charge in [0.05, 0.1) is 11.5 Å². The van der Waals surface area contributed by atoms with E-state index in [1.807, 2.05) is 36.4 Å². The Morgan fingerprint density at radius 2 is 1.86 bits per heavy atom. The van der Waals surface area contributed by atoms with Crippen LogP contribution in [-0.2, 0) is 6.42 Å². The van der Waals surface area contributed by atoms with Crippen molar-refractivity contribution in [3.8, 4) is 11.8 Å². The SMILES string of the molecule is N#CC1(CCSc2ccccc2)COc2ccccc2C1. The average Bonchev–Trinajstić information content (AvgIpc) is 2.56. The lowest BCUT2D eigenvalue weighted by Crippen LogP contribution is -2.34. The zero-order valence-electron chi connectivity index (χ0n) is 11.8. The zero-order valence-corrected chi connectivity index (χ0v) is 12.6. The summed E-state index contributed by atoms with van der Waals surface area (Å²) in [6.45, 7) is 0.496. The Labute approximate surface area is 129 Å². The van der Waals surface area contributed by atoms with E-state index in [1.165, 1.54) is 4.90 Å². The van der Waals surface area contributed by atoms with E-state index >= 15 is 0 Å². The molecule has 0 saturated carbocycles. The molecule has 2 aromatic carbocycles. The molecule has 0 aromatic heterocycles. The van der Waals surface area contributed by atoms with Gasteiger partial charge in [-0.05, 0) is 42.4 Å². The monoisotopic (exact) mass is 295 g/mol. The van der Waals surface area contributed by atoms with Crippen molar-refractivity contribution in [2.45, 2.75) is 17.7 Å². The largest absolute Gasteiger partial charge is 0.492 e. The van der Waals surface area contributed by atoms with Gasteiger partial charge < -0.3 is 4.74 Å². The number of nitriles is 1. The fourth-order valence-corrected chi connectivity index (χ4v) is 3.67. The van der Waals surface area contributed by atoms with Crippen molar-refractivity contribution < 1.29 is 4.74 Å². The Balaban J connectivity index is 1.65. The Morgan fingerprint density at radius 1 is 1.10 bits per heavy atom. The van der Waals surface area contributed by atoms with E-state index in [2.05, 4.69) is 24.3 Å². The molecule has 0 radical (unpaired) electrons. The molecule has 1 aliphatic heterocycles. The van der Waals surface area contributed by atoms with E-state index in [1.54, 1.807) is 11.8 Å². The van der Waals surface area contributed by atoms with Gasteiger partial charge in [-0.3, -0.25) is 0 Å².